The zero-order valence-electron chi connectivity index (χ0n) is 18.1. The molecule has 2 aromatic rings. The number of hydrogen-bond donors (Lipinski definition) is 3. The van der Waals surface area contributed by atoms with Crippen LogP contribution >= 0.6 is 0 Å². The number of carbonyl (C=O) groups is 3. The number of carboxylic acid groups (broad SMARTS) is 1. The highest BCUT2D eigenvalue weighted by Crippen LogP contribution is 2.44. The first-order valence-corrected chi connectivity index (χ1v) is 10.6. The third kappa shape index (κ3) is 4.31. The molecule has 0 spiro atoms. The molecule has 2 amide bonds. The summed E-state index contributed by atoms with van der Waals surface area (Å²) in [5.41, 5.74) is 3.24. The van der Waals surface area contributed by atoms with Crippen LogP contribution < -0.4 is 10.6 Å². The first-order chi connectivity index (χ1) is 15.3. The van der Waals surface area contributed by atoms with Crippen LogP contribution in [0.5, 0.6) is 0 Å². The van der Waals surface area contributed by atoms with Crippen LogP contribution in [0.2, 0.25) is 0 Å². The van der Waals surface area contributed by atoms with Crippen molar-refractivity contribution in [1.29, 1.82) is 0 Å². The van der Waals surface area contributed by atoms with Crippen molar-refractivity contribution in [2.75, 3.05) is 27.2 Å². The number of alkyl carbamates (subject to hydrolysis) is 1. The Hall–Kier alpha value is -3.39. The van der Waals surface area contributed by atoms with Crippen LogP contribution in [0.25, 0.3) is 11.1 Å². The minimum atomic E-state index is -1.22. The Morgan fingerprint density at radius 2 is 1.62 bits per heavy atom. The highest BCUT2D eigenvalue weighted by molar-refractivity contribution is 5.93. The van der Waals surface area contributed by atoms with Gasteiger partial charge in [-0.2, -0.15) is 0 Å². The van der Waals surface area contributed by atoms with Crippen molar-refractivity contribution in [2.45, 2.75) is 30.3 Å². The smallest absolute Gasteiger partial charge is 0.407 e. The number of carboxylic acids is 1. The fourth-order valence-corrected chi connectivity index (χ4v) is 4.18. The van der Waals surface area contributed by atoms with Gasteiger partial charge in [0.25, 0.3) is 0 Å². The maximum Gasteiger partial charge on any atom is 0.407 e. The van der Waals surface area contributed by atoms with E-state index >= 15 is 0 Å². The first kappa shape index (κ1) is 21.8. The van der Waals surface area contributed by atoms with Gasteiger partial charge in [-0.05, 0) is 49.2 Å². The monoisotopic (exact) mass is 437 g/mol. The van der Waals surface area contributed by atoms with Crippen LogP contribution in [-0.2, 0) is 14.3 Å². The molecule has 0 aliphatic heterocycles. The van der Waals surface area contributed by atoms with E-state index in [9.17, 15) is 19.5 Å². The minimum absolute atomic E-state index is 0.0870. The maximum atomic E-state index is 12.7. The number of nitrogens with zero attached hydrogens (tertiary/aromatic N) is 1. The second kappa shape index (κ2) is 8.63. The molecule has 168 valence electrons. The van der Waals surface area contributed by atoms with E-state index in [0.29, 0.717) is 12.8 Å². The second-order valence-corrected chi connectivity index (χ2v) is 8.66. The maximum absolute atomic E-state index is 12.7. The number of hydrogen-bond acceptors (Lipinski definition) is 5. The van der Waals surface area contributed by atoms with E-state index in [0.717, 1.165) is 22.3 Å². The summed E-state index contributed by atoms with van der Waals surface area (Å²) in [7, 11) is 3.54. The van der Waals surface area contributed by atoms with Crippen LogP contribution in [0, 0.1) is 0 Å². The van der Waals surface area contributed by atoms with Gasteiger partial charge in [0, 0.05) is 12.5 Å². The predicted molar refractivity (Wildman–Crippen MR) is 118 cm³/mol. The quantitative estimate of drug-likeness (QED) is 0.584. The minimum Gasteiger partial charge on any atom is -0.480 e. The van der Waals surface area contributed by atoms with Gasteiger partial charge in [0.05, 0.1) is 0 Å². The normalized spacial score (nSPS) is 16.6. The summed E-state index contributed by atoms with van der Waals surface area (Å²) >= 11 is 0. The number of aliphatic carboxylic acids is 1. The van der Waals surface area contributed by atoms with Gasteiger partial charge in [0.15, 0.2) is 0 Å². The molecular weight excluding hydrogens is 410 g/mol. The van der Waals surface area contributed by atoms with Gasteiger partial charge >= 0.3 is 12.1 Å². The SMILES string of the molecule is CN(C)CC(NC(=O)OCC1c2ccccc2-c2ccccc21)C(=O)NC1(C(=O)O)CC1. The highest BCUT2D eigenvalue weighted by Gasteiger charge is 2.52. The van der Waals surface area contributed by atoms with Crippen molar-refractivity contribution in [2.24, 2.45) is 0 Å². The number of likely N-dealkylation sites (N-methyl/N-ethyl adjacent to an activating group) is 1. The van der Waals surface area contributed by atoms with E-state index < -0.39 is 29.6 Å². The summed E-state index contributed by atoms with van der Waals surface area (Å²) in [6.45, 7) is 0.348. The average Bonchev–Trinajstić information content (AvgIpc) is 3.48. The Bertz CT molecular complexity index is 1000. The third-order valence-electron chi connectivity index (χ3n) is 6.02. The van der Waals surface area contributed by atoms with Crippen LogP contribution in [-0.4, -0.2) is 66.8 Å². The van der Waals surface area contributed by atoms with Gasteiger partial charge < -0.3 is 25.4 Å². The number of nitrogens with one attached hydrogen (secondary N) is 2. The number of rotatable bonds is 8. The molecule has 32 heavy (non-hydrogen) atoms. The molecule has 8 heteroatoms. The number of carbonyl (C=O) groups excluding carboxylic acids is 2. The molecule has 2 aliphatic carbocycles. The lowest BCUT2D eigenvalue weighted by Gasteiger charge is -2.24. The van der Waals surface area contributed by atoms with E-state index in [1.807, 2.05) is 36.4 Å². The van der Waals surface area contributed by atoms with Crippen molar-refractivity contribution in [1.82, 2.24) is 15.5 Å². The second-order valence-electron chi connectivity index (χ2n) is 8.66. The number of ether oxygens (including phenoxy) is 1. The molecule has 0 radical (unpaired) electrons. The summed E-state index contributed by atoms with van der Waals surface area (Å²) in [5.74, 6) is -1.68. The fourth-order valence-electron chi connectivity index (χ4n) is 4.18. The van der Waals surface area contributed by atoms with Crippen LogP contribution in [0.3, 0.4) is 0 Å². The summed E-state index contributed by atoms with van der Waals surface area (Å²) in [4.78, 5) is 38.4. The Labute approximate surface area is 186 Å². The molecule has 3 N–H and O–H groups in total. The Morgan fingerprint density at radius 3 is 2.12 bits per heavy atom. The highest BCUT2D eigenvalue weighted by atomic mass is 16.5. The Kier molecular flexibility index (Phi) is 5.88. The lowest BCUT2D eigenvalue weighted by atomic mass is 9.98. The van der Waals surface area contributed by atoms with Crippen molar-refractivity contribution in [3.8, 4) is 11.1 Å². The lowest BCUT2D eigenvalue weighted by Crippen LogP contribution is -2.56. The first-order valence-electron chi connectivity index (χ1n) is 10.6. The number of amides is 2. The van der Waals surface area contributed by atoms with Crippen LogP contribution in [0.15, 0.2) is 48.5 Å². The molecule has 1 atom stereocenters. The molecule has 1 saturated carbocycles. The molecule has 0 aromatic heterocycles. The topological polar surface area (TPSA) is 108 Å². The molecule has 4 rings (SSSR count). The molecule has 2 aliphatic rings. The van der Waals surface area contributed by atoms with E-state index in [1.54, 1.807) is 19.0 Å². The molecule has 0 heterocycles. The number of fused-ring (bicyclic) bond motifs is 3. The van der Waals surface area contributed by atoms with Gasteiger partial charge in [-0.25, -0.2) is 9.59 Å². The van der Waals surface area contributed by atoms with Crippen molar-refractivity contribution < 1.29 is 24.2 Å². The summed E-state index contributed by atoms with van der Waals surface area (Å²) < 4.78 is 5.53. The van der Waals surface area contributed by atoms with Crippen LogP contribution in [0.1, 0.15) is 29.9 Å². The molecule has 0 bridgehead atoms. The molecule has 1 fully saturated rings. The zero-order valence-corrected chi connectivity index (χ0v) is 18.1. The lowest BCUT2D eigenvalue weighted by molar-refractivity contribution is -0.143. The van der Waals surface area contributed by atoms with Gasteiger partial charge in [-0.1, -0.05) is 48.5 Å². The number of benzene rings is 2. The Morgan fingerprint density at radius 1 is 1.06 bits per heavy atom. The predicted octanol–water partition coefficient (Wildman–Crippen LogP) is 2.19. The van der Waals surface area contributed by atoms with E-state index in [4.69, 9.17) is 4.74 Å². The molecule has 0 saturated heterocycles. The molecule has 2 aromatic carbocycles. The zero-order chi connectivity index (χ0) is 22.9. The largest absolute Gasteiger partial charge is 0.480 e. The summed E-state index contributed by atoms with van der Waals surface area (Å²) in [6.07, 6.45) is 0.0514. The summed E-state index contributed by atoms with van der Waals surface area (Å²) in [6, 6.07) is 15.1. The molecule has 1 unspecified atom stereocenters. The van der Waals surface area contributed by atoms with Crippen molar-refractivity contribution in [3.05, 3.63) is 59.7 Å². The van der Waals surface area contributed by atoms with Gasteiger partial charge in [-0.3, -0.25) is 4.79 Å². The van der Waals surface area contributed by atoms with Gasteiger partial charge in [-0.15, -0.1) is 0 Å². The van der Waals surface area contributed by atoms with E-state index in [1.165, 1.54) is 0 Å². The van der Waals surface area contributed by atoms with Gasteiger partial charge in [0.2, 0.25) is 5.91 Å². The van der Waals surface area contributed by atoms with Crippen molar-refractivity contribution >= 4 is 18.0 Å². The average molecular weight is 437 g/mol. The Balaban J connectivity index is 1.42. The standard InChI is InChI=1S/C24H27N3O5/c1-27(2)13-20(21(28)26-24(11-12-24)22(29)30)25-23(31)32-14-19-17-9-5-3-7-15(17)16-8-4-6-10-18(16)19/h3-10,19-20H,11-14H2,1-2H3,(H,25,31)(H,26,28)(H,29,30). The van der Waals surface area contributed by atoms with E-state index in [-0.39, 0.29) is 19.1 Å². The fraction of sp³-hybridized carbons (Fsp3) is 0.375. The van der Waals surface area contributed by atoms with Crippen LogP contribution in [0.4, 0.5) is 4.79 Å². The summed E-state index contributed by atoms with van der Waals surface area (Å²) in [5, 5.41) is 14.5. The van der Waals surface area contributed by atoms with E-state index in [2.05, 4.69) is 22.8 Å². The molecule has 8 nitrogen and oxygen atoms in total. The molecular formula is C24H27N3O5. The third-order valence-corrected chi connectivity index (χ3v) is 6.02. The van der Waals surface area contributed by atoms with Gasteiger partial charge in [0.1, 0.15) is 18.2 Å². The van der Waals surface area contributed by atoms with Crippen molar-refractivity contribution in [3.63, 3.8) is 0 Å².